The van der Waals surface area contributed by atoms with Gasteiger partial charge in [0.2, 0.25) is 0 Å². The Hall–Kier alpha value is 0.706. The second-order valence-electron chi connectivity index (χ2n) is 6.58. The molecule has 0 unspecified atom stereocenters. The summed E-state index contributed by atoms with van der Waals surface area (Å²) in [5, 5.41) is 0. The average molecular weight is 535 g/mol. The van der Waals surface area contributed by atoms with E-state index in [0.717, 1.165) is 0 Å². The van der Waals surface area contributed by atoms with Crippen LogP contribution >= 0.6 is 24.8 Å². The molecule has 0 saturated carbocycles. The molecule has 0 atom stereocenters. The van der Waals surface area contributed by atoms with Gasteiger partial charge in [0.25, 0.3) is 0 Å². The van der Waals surface area contributed by atoms with Gasteiger partial charge in [-0.1, -0.05) is 65.2 Å². The number of hydrogen-bond acceptors (Lipinski definition) is 0. The molecule has 2 aliphatic rings. The SMILES string of the molecule is Cc1cc2c([cH-]1)CCCC2.Cc1cc2c([cH-]1)CCCC2.Cl.Cl.[CH3-].[CH3-].[GeH2]=[Zr]. The summed E-state index contributed by atoms with van der Waals surface area (Å²) in [6.45, 7) is 4.39. The fourth-order valence-electron chi connectivity index (χ4n) is 3.75. The van der Waals surface area contributed by atoms with Crippen molar-refractivity contribution < 1.29 is 21.6 Å². The molecular formula is C22H36Cl2GeZr-4. The predicted octanol–water partition coefficient (Wildman–Crippen LogP) is 6.01. The third-order valence-electron chi connectivity index (χ3n) is 4.72. The van der Waals surface area contributed by atoms with Crippen molar-refractivity contribution in [1.29, 1.82) is 0 Å². The molecule has 150 valence electrons. The van der Waals surface area contributed by atoms with Crippen LogP contribution in [0.3, 0.4) is 0 Å². The molecule has 2 aliphatic carbocycles. The van der Waals surface area contributed by atoms with Crippen molar-refractivity contribution >= 4 is 37.0 Å². The van der Waals surface area contributed by atoms with E-state index in [2.05, 4.69) is 38.1 Å². The van der Waals surface area contributed by atoms with Crippen LogP contribution in [0.2, 0.25) is 0 Å². The Morgan fingerprint density at radius 2 is 1.00 bits per heavy atom. The van der Waals surface area contributed by atoms with Gasteiger partial charge >= 0.3 is 33.7 Å². The summed E-state index contributed by atoms with van der Waals surface area (Å²) in [7, 11) is 0. The standard InChI is InChI=1S/2C10H13.2CH3.2ClH.GeH2.Zr/c2*1-8-6-9-4-2-3-5-10(9)7-8;;;;;;/h2*6-7H,2-5H2,1H3;2*1H3;2*1H;1H2;/q4*-1;;;;. The van der Waals surface area contributed by atoms with E-state index in [1.54, 1.807) is 43.9 Å². The minimum atomic E-state index is 0. The summed E-state index contributed by atoms with van der Waals surface area (Å²) in [4.78, 5) is 0. The average Bonchev–Trinajstić information content (AvgIpc) is 3.10. The molecular weight excluding hydrogens is 499 g/mol. The van der Waals surface area contributed by atoms with Crippen molar-refractivity contribution in [3.8, 4) is 0 Å². The van der Waals surface area contributed by atoms with Crippen molar-refractivity contribution in [3.05, 3.63) is 72.5 Å². The molecule has 0 nitrogen and oxygen atoms in total. The van der Waals surface area contributed by atoms with E-state index in [1.807, 2.05) is 0 Å². The number of fused-ring (bicyclic) bond motifs is 2. The molecule has 4 heteroatoms. The zero-order valence-electron chi connectivity index (χ0n) is 17.0. The van der Waals surface area contributed by atoms with Gasteiger partial charge in [-0.15, -0.1) is 24.8 Å². The first-order chi connectivity index (χ1) is 10.7. The number of rotatable bonds is 0. The van der Waals surface area contributed by atoms with Crippen LogP contribution in [0.4, 0.5) is 0 Å². The first-order valence-electron chi connectivity index (χ1n) is 8.58. The van der Waals surface area contributed by atoms with Crippen LogP contribution in [-0.4, -0.2) is 12.1 Å². The summed E-state index contributed by atoms with van der Waals surface area (Å²) >= 11 is 3.14. The zero-order chi connectivity index (χ0) is 15.9. The van der Waals surface area contributed by atoms with Gasteiger partial charge in [-0.2, -0.15) is 45.5 Å². The van der Waals surface area contributed by atoms with Gasteiger partial charge in [0.15, 0.2) is 0 Å². The quantitative estimate of drug-likeness (QED) is 0.287. The molecule has 0 amide bonds. The van der Waals surface area contributed by atoms with E-state index in [1.165, 1.54) is 74.6 Å². The van der Waals surface area contributed by atoms with E-state index >= 15 is 0 Å². The van der Waals surface area contributed by atoms with Crippen LogP contribution in [0.5, 0.6) is 0 Å². The monoisotopic (exact) mass is 534 g/mol. The molecule has 0 N–H and O–H groups in total. The molecule has 0 aromatic heterocycles. The Bertz CT molecular complexity index is 502. The van der Waals surface area contributed by atoms with E-state index < -0.39 is 0 Å². The van der Waals surface area contributed by atoms with Gasteiger partial charge in [-0.3, -0.25) is 0 Å². The van der Waals surface area contributed by atoms with Crippen molar-refractivity contribution in [2.24, 2.45) is 0 Å². The molecule has 0 heterocycles. The molecule has 4 rings (SSSR count). The Kier molecular flexibility index (Phi) is 20.1. The van der Waals surface area contributed by atoms with Gasteiger partial charge < -0.3 is 14.9 Å². The summed E-state index contributed by atoms with van der Waals surface area (Å²) in [5.74, 6) is 0. The predicted molar refractivity (Wildman–Crippen MR) is 123 cm³/mol. The van der Waals surface area contributed by atoms with Crippen LogP contribution in [0.15, 0.2) is 24.3 Å². The van der Waals surface area contributed by atoms with Gasteiger partial charge in [0.05, 0.1) is 0 Å². The van der Waals surface area contributed by atoms with Gasteiger partial charge in [-0.05, 0) is 0 Å². The first kappa shape index (κ1) is 31.4. The van der Waals surface area contributed by atoms with Gasteiger partial charge in [0.1, 0.15) is 0 Å². The molecule has 0 aliphatic heterocycles. The Morgan fingerprint density at radius 3 is 1.31 bits per heavy atom. The first-order valence-corrected chi connectivity index (χ1v) is 19.1. The second kappa shape index (κ2) is 16.6. The second-order valence-corrected chi connectivity index (χ2v) is 6.58. The number of aryl methyl sites for hydroxylation is 6. The van der Waals surface area contributed by atoms with Gasteiger partial charge in [-0.25, -0.2) is 12.1 Å². The topological polar surface area (TPSA) is 0 Å². The van der Waals surface area contributed by atoms with Crippen LogP contribution < -0.4 is 0 Å². The summed E-state index contributed by atoms with van der Waals surface area (Å²) < 4.78 is 0. The maximum atomic E-state index is 2.34. The molecule has 2 aromatic carbocycles. The molecule has 0 saturated heterocycles. The Morgan fingerprint density at radius 1 is 0.692 bits per heavy atom. The molecule has 0 fully saturated rings. The zero-order valence-corrected chi connectivity index (χ0v) is 24.0. The molecule has 2 aromatic rings. The third-order valence-corrected chi connectivity index (χ3v) is 4.72. The Labute approximate surface area is 194 Å². The number of hydrogen-bond donors (Lipinski definition) is 0. The maximum absolute atomic E-state index is 2.34. The molecule has 26 heavy (non-hydrogen) atoms. The van der Waals surface area contributed by atoms with Crippen molar-refractivity contribution in [2.75, 3.05) is 0 Å². The molecule has 0 radical (unpaired) electrons. The van der Waals surface area contributed by atoms with Crippen molar-refractivity contribution in [2.45, 2.75) is 65.2 Å². The van der Waals surface area contributed by atoms with Crippen molar-refractivity contribution in [1.82, 2.24) is 0 Å². The normalized spacial score (nSPS) is 13.1. The van der Waals surface area contributed by atoms with Crippen LogP contribution in [0.25, 0.3) is 0 Å². The van der Waals surface area contributed by atoms with Crippen LogP contribution in [-0.2, 0) is 47.3 Å². The minimum absolute atomic E-state index is 0. The summed E-state index contributed by atoms with van der Waals surface area (Å²) in [5.41, 5.74) is 9.36. The van der Waals surface area contributed by atoms with E-state index in [-0.39, 0.29) is 39.7 Å². The summed E-state index contributed by atoms with van der Waals surface area (Å²) in [6.07, 6.45) is 10.9. The fraction of sp³-hybridized carbons (Fsp3) is 0.455. The van der Waals surface area contributed by atoms with Crippen LogP contribution in [0.1, 0.15) is 59.1 Å². The Balaban J connectivity index is -0.000000326. The fourth-order valence-corrected chi connectivity index (χ4v) is 3.75. The van der Waals surface area contributed by atoms with Gasteiger partial charge in [0, 0.05) is 0 Å². The van der Waals surface area contributed by atoms with E-state index in [4.69, 9.17) is 0 Å². The molecule has 0 bridgehead atoms. The van der Waals surface area contributed by atoms with E-state index in [9.17, 15) is 0 Å². The van der Waals surface area contributed by atoms with Crippen LogP contribution in [0, 0.1) is 28.7 Å². The summed E-state index contributed by atoms with van der Waals surface area (Å²) in [6, 6.07) is 9.37. The molecule has 0 spiro atoms. The van der Waals surface area contributed by atoms with E-state index in [0.29, 0.717) is 0 Å². The third kappa shape index (κ3) is 9.27. The number of halogens is 2. The van der Waals surface area contributed by atoms with Crippen molar-refractivity contribution in [3.63, 3.8) is 0 Å².